The first-order chi connectivity index (χ1) is 9.88. The summed E-state index contributed by atoms with van der Waals surface area (Å²) in [5.41, 5.74) is 1.10. The zero-order valence-corrected chi connectivity index (χ0v) is 12.8. The molecular formula is C16H19N3O2. The molecule has 2 heterocycles. The smallest absolute Gasteiger partial charge is 0.273 e. The first-order valence-electron chi connectivity index (χ1n) is 7.04. The van der Waals surface area contributed by atoms with Gasteiger partial charge in [-0.3, -0.25) is 0 Å². The number of aromatic nitrogens is 2. The first-order valence-corrected chi connectivity index (χ1v) is 7.04. The predicted octanol–water partition coefficient (Wildman–Crippen LogP) is 3.41. The molecule has 110 valence electrons. The zero-order valence-electron chi connectivity index (χ0n) is 12.8. The molecule has 0 N–H and O–H groups in total. The highest BCUT2D eigenvalue weighted by molar-refractivity contribution is 6.01. The van der Waals surface area contributed by atoms with Crippen molar-refractivity contribution in [3.05, 3.63) is 47.6 Å². The summed E-state index contributed by atoms with van der Waals surface area (Å²) in [5.74, 6) is 1.15. The molecule has 0 fully saturated rings. The Balaban J connectivity index is 1.83. The molecule has 2 aromatic rings. The average Bonchev–Trinajstić information content (AvgIpc) is 3.07. The van der Waals surface area contributed by atoms with Gasteiger partial charge in [0.05, 0.1) is 5.71 Å². The van der Waals surface area contributed by atoms with Crippen molar-refractivity contribution >= 4 is 5.71 Å². The van der Waals surface area contributed by atoms with Crippen LogP contribution >= 0.6 is 0 Å². The Labute approximate surface area is 124 Å². The highest BCUT2D eigenvalue weighted by Crippen LogP contribution is 2.35. The van der Waals surface area contributed by atoms with Crippen molar-refractivity contribution in [3.63, 3.8) is 0 Å². The number of oxime groups is 1. The minimum atomic E-state index is -0.693. The van der Waals surface area contributed by atoms with Crippen LogP contribution in [-0.4, -0.2) is 15.9 Å². The Morgan fingerprint density at radius 2 is 1.86 bits per heavy atom. The molecule has 0 spiro atoms. The van der Waals surface area contributed by atoms with Crippen LogP contribution in [0, 0.1) is 0 Å². The summed E-state index contributed by atoms with van der Waals surface area (Å²) >= 11 is 0. The van der Waals surface area contributed by atoms with E-state index >= 15 is 0 Å². The maximum atomic E-state index is 5.61. The normalized spacial score (nSPS) is 22.0. The molecule has 1 unspecified atom stereocenters. The largest absolute Gasteiger partial charge is 0.379 e. The molecule has 1 aromatic carbocycles. The van der Waals surface area contributed by atoms with E-state index in [2.05, 4.69) is 15.3 Å². The molecule has 0 saturated carbocycles. The lowest BCUT2D eigenvalue weighted by Gasteiger charge is -2.16. The van der Waals surface area contributed by atoms with Crippen molar-refractivity contribution in [2.45, 2.75) is 45.1 Å². The number of benzene rings is 1. The zero-order chi connectivity index (χ0) is 15.1. The van der Waals surface area contributed by atoms with Gasteiger partial charge in [0.15, 0.2) is 5.82 Å². The summed E-state index contributed by atoms with van der Waals surface area (Å²) in [4.78, 5) is 10.1. The number of hydrogen-bond donors (Lipinski definition) is 0. The molecule has 21 heavy (non-hydrogen) atoms. The summed E-state index contributed by atoms with van der Waals surface area (Å²) in [7, 11) is 0. The summed E-state index contributed by atoms with van der Waals surface area (Å²) < 4.78 is 5.40. The fourth-order valence-corrected chi connectivity index (χ4v) is 2.18. The maximum Gasteiger partial charge on any atom is 0.273 e. The second-order valence-electron chi connectivity index (χ2n) is 6.58. The molecule has 5 nitrogen and oxygen atoms in total. The van der Waals surface area contributed by atoms with Crippen molar-refractivity contribution in [1.82, 2.24) is 10.1 Å². The minimum Gasteiger partial charge on any atom is -0.379 e. The second-order valence-corrected chi connectivity index (χ2v) is 6.58. The third-order valence-corrected chi connectivity index (χ3v) is 3.52. The Morgan fingerprint density at radius 1 is 1.14 bits per heavy atom. The first kappa shape index (κ1) is 13.8. The average molecular weight is 285 g/mol. The molecule has 1 aromatic heterocycles. The molecule has 1 aliphatic heterocycles. The lowest BCUT2D eigenvalue weighted by molar-refractivity contribution is -0.0313. The lowest BCUT2D eigenvalue weighted by atomic mass is 9.94. The van der Waals surface area contributed by atoms with Crippen molar-refractivity contribution in [1.29, 1.82) is 0 Å². The Bertz CT molecular complexity index is 670. The summed E-state index contributed by atoms with van der Waals surface area (Å²) in [6, 6.07) is 9.98. The summed E-state index contributed by atoms with van der Waals surface area (Å²) in [5, 5.41) is 8.25. The molecular weight excluding hydrogens is 266 g/mol. The van der Waals surface area contributed by atoms with Gasteiger partial charge in [0.25, 0.3) is 5.89 Å². The van der Waals surface area contributed by atoms with Crippen LogP contribution in [0.25, 0.3) is 0 Å². The van der Waals surface area contributed by atoms with E-state index in [0.717, 1.165) is 11.3 Å². The van der Waals surface area contributed by atoms with Gasteiger partial charge in [-0.25, -0.2) is 0 Å². The van der Waals surface area contributed by atoms with Gasteiger partial charge in [-0.1, -0.05) is 61.4 Å². The molecule has 1 aliphatic rings. The van der Waals surface area contributed by atoms with E-state index in [1.165, 1.54) is 0 Å². The van der Waals surface area contributed by atoms with E-state index in [1.807, 2.05) is 58.0 Å². The predicted molar refractivity (Wildman–Crippen MR) is 79.0 cm³/mol. The van der Waals surface area contributed by atoms with Crippen molar-refractivity contribution < 1.29 is 9.36 Å². The quantitative estimate of drug-likeness (QED) is 0.848. The van der Waals surface area contributed by atoms with Crippen LogP contribution in [0.2, 0.25) is 0 Å². The van der Waals surface area contributed by atoms with Crippen LogP contribution in [0.5, 0.6) is 0 Å². The fourth-order valence-electron chi connectivity index (χ4n) is 2.18. The fraction of sp³-hybridized carbons (Fsp3) is 0.438. The topological polar surface area (TPSA) is 60.5 Å². The van der Waals surface area contributed by atoms with Gasteiger partial charge in [0.2, 0.25) is 5.60 Å². The number of nitrogens with zero attached hydrogens (tertiary/aromatic N) is 3. The van der Waals surface area contributed by atoms with Crippen molar-refractivity contribution in [2.75, 3.05) is 0 Å². The van der Waals surface area contributed by atoms with Crippen LogP contribution in [0.15, 0.2) is 40.0 Å². The van der Waals surface area contributed by atoms with Crippen LogP contribution < -0.4 is 0 Å². The van der Waals surface area contributed by atoms with Gasteiger partial charge >= 0.3 is 0 Å². The molecule has 0 radical (unpaired) electrons. The number of rotatable bonds is 2. The van der Waals surface area contributed by atoms with E-state index < -0.39 is 5.60 Å². The molecule has 0 bridgehead atoms. The highest BCUT2D eigenvalue weighted by atomic mass is 16.7. The monoisotopic (exact) mass is 285 g/mol. The van der Waals surface area contributed by atoms with E-state index in [-0.39, 0.29) is 5.41 Å². The second kappa shape index (κ2) is 4.69. The van der Waals surface area contributed by atoms with Crippen LogP contribution in [0.3, 0.4) is 0 Å². The standard InChI is InChI=1S/C16H19N3O2/c1-15(2,3)13-17-14(20-19-13)16(4)10-12(18-21-16)11-8-6-5-7-9-11/h5-9H,10H2,1-4H3. The van der Waals surface area contributed by atoms with Gasteiger partial charge in [-0.15, -0.1) is 0 Å². The van der Waals surface area contributed by atoms with Crippen LogP contribution in [0.4, 0.5) is 0 Å². The van der Waals surface area contributed by atoms with E-state index in [0.29, 0.717) is 18.1 Å². The Hall–Kier alpha value is -2.17. The molecule has 3 rings (SSSR count). The number of hydrogen-bond acceptors (Lipinski definition) is 5. The molecule has 5 heteroatoms. The third kappa shape index (κ3) is 2.55. The van der Waals surface area contributed by atoms with Crippen molar-refractivity contribution in [2.24, 2.45) is 5.16 Å². The lowest BCUT2D eigenvalue weighted by Crippen LogP contribution is -2.23. The molecule has 1 atom stereocenters. The Morgan fingerprint density at radius 3 is 2.48 bits per heavy atom. The highest BCUT2D eigenvalue weighted by Gasteiger charge is 2.42. The van der Waals surface area contributed by atoms with Gasteiger partial charge < -0.3 is 9.36 Å². The van der Waals surface area contributed by atoms with Gasteiger partial charge in [0, 0.05) is 11.8 Å². The third-order valence-electron chi connectivity index (χ3n) is 3.52. The minimum absolute atomic E-state index is 0.153. The van der Waals surface area contributed by atoms with Crippen molar-refractivity contribution in [3.8, 4) is 0 Å². The molecule has 0 amide bonds. The molecule has 0 aliphatic carbocycles. The van der Waals surface area contributed by atoms with Gasteiger partial charge in [0.1, 0.15) is 0 Å². The van der Waals surface area contributed by atoms with Crippen LogP contribution in [-0.2, 0) is 15.9 Å². The maximum absolute atomic E-state index is 5.61. The SMILES string of the molecule is CC(C)(C)c1noc(C2(C)CC(c3ccccc3)=NO2)n1. The van der Waals surface area contributed by atoms with Crippen LogP contribution in [0.1, 0.15) is 51.4 Å². The van der Waals surface area contributed by atoms with E-state index in [1.54, 1.807) is 0 Å². The summed E-state index contributed by atoms with van der Waals surface area (Å²) in [6.07, 6.45) is 0.614. The Kier molecular flexibility index (Phi) is 3.08. The van der Waals surface area contributed by atoms with E-state index in [9.17, 15) is 0 Å². The van der Waals surface area contributed by atoms with E-state index in [4.69, 9.17) is 9.36 Å². The van der Waals surface area contributed by atoms with Gasteiger partial charge in [-0.2, -0.15) is 4.98 Å². The van der Waals surface area contributed by atoms with Gasteiger partial charge in [-0.05, 0) is 12.5 Å². The molecule has 0 saturated heterocycles. The summed E-state index contributed by atoms with van der Waals surface area (Å²) in [6.45, 7) is 8.06.